The lowest BCUT2D eigenvalue weighted by atomic mass is 9.90. The van der Waals surface area contributed by atoms with Gasteiger partial charge < -0.3 is 25.4 Å². The lowest BCUT2D eigenvalue weighted by Gasteiger charge is -2.16. The summed E-state index contributed by atoms with van der Waals surface area (Å²) in [6.45, 7) is 3.28. The molecule has 5 N–H and O–H groups in total. The van der Waals surface area contributed by atoms with Crippen LogP contribution in [0.3, 0.4) is 0 Å². The molecule has 236 valence electrons. The molecule has 0 saturated heterocycles. The van der Waals surface area contributed by atoms with E-state index in [1.165, 1.54) is 24.3 Å². The van der Waals surface area contributed by atoms with Crippen molar-refractivity contribution < 1.29 is 30.0 Å². The van der Waals surface area contributed by atoms with Gasteiger partial charge in [0.25, 0.3) is 0 Å². The number of nitrogens with one attached hydrogen (secondary N) is 1. The minimum absolute atomic E-state index is 0.00381. The van der Waals surface area contributed by atoms with Crippen LogP contribution in [0.1, 0.15) is 65.4 Å². The second-order valence-electron chi connectivity index (χ2n) is 11.5. The van der Waals surface area contributed by atoms with Crippen LogP contribution in [-0.2, 0) is 12.8 Å². The van der Waals surface area contributed by atoms with Gasteiger partial charge in [-0.2, -0.15) is 0 Å². The van der Waals surface area contributed by atoms with Crippen LogP contribution in [0.2, 0.25) is 10.0 Å². The van der Waals surface area contributed by atoms with E-state index in [0.717, 1.165) is 10.9 Å². The number of hydrogen-bond donors (Lipinski definition) is 5. The molecule has 47 heavy (non-hydrogen) atoms. The van der Waals surface area contributed by atoms with Gasteiger partial charge in [0, 0.05) is 61.7 Å². The van der Waals surface area contributed by atoms with Gasteiger partial charge in [-0.3, -0.25) is 9.59 Å². The van der Waals surface area contributed by atoms with E-state index in [4.69, 9.17) is 23.2 Å². The standard InChI is InChI=1S/C38H29Cl2NO6/c1-19-13-27(35(44)21-7-5-9-23(39)15-21)37(46)29(33(19)42)17-26-25-11-3-4-12-31(25)41-32(26)18-30-34(43)20(2)14-28(38(30)47)36(45)22-8-6-10-24(40)16-22/h3-16,41-43,46-47H,17-18H2,1-2H3. The number of carbonyl (C=O) groups is 2. The number of para-hydroxylation sites is 1. The molecule has 0 aliphatic carbocycles. The third-order valence-electron chi connectivity index (χ3n) is 8.39. The topological polar surface area (TPSA) is 131 Å². The Hall–Kier alpha value is -5.24. The SMILES string of the molecule is Cc1cc(C(=O)c2cccc(Cl)c2)c(O)c(Cc2[nH]c3ccccc3c2Cc2c(O)c(C)cc(C(=O)c3cccc(Cl)c3)c2O)c1O. The van der Waals surface area contributed by atoms with Crippen LogP contribution in [0.4, 0.5) is 0 Å². The average Bonchev–Trinajstić information content (AvgIpc) is 3.40. The molecule has 0 fully saturated rings. The molecule has 6 rings (SSSR count). The smallest absolute Gasteiger partial charge is 0.196 e. The van der Waals surface area contributed by atoms with Crippen LogP contribution in [0.15, 0.2) is 84.9 Å². The highest BCUT2D eigenvalue weighted by Crippen LogP contribution is 2.41. The number of fused-ring (bicyclic) bond motifs is 1. The molecule has 0 unspecified atom stereocenters. The van der Waals surface area contributed by atoms with Crippen molar-refractivity contribution in [1.82, 2.24) is 4.98 Å². The van der Waals surface area contributed by atoms with Gasteiger partial charge in [-0.15, -0.1) is 0 Å². The van der Waals surface area contributed by atoms with E-state index >= 15 is 0 Å². The zero-order valence-corrected chi connectivity index (χ0v) is 26.9. The van der Waals surface area contributed by atoms with E-state index in [-0.39, 0.29) is 69.2 Å². The van der Waals surface area contributed by atoms with Gasteiger partial charge in [-0.1, -0.05) is 65.7 Å². The van der Waals surface area contributed by atoms with Gasteiger partial charge in [0.05, 0.1) is 11.1 Å². The predicted octanol–water partition coefficient (Wildman–Crippen LogP) is 8.56. The number of H-pyrrole nitrogens is 1. The summed E-state index contributed by atoms with van der Waals surface area (Å²) in [6, 6.07) is 23.1. The van der Waals surface area contributed by atoms with Crippen molar-refractivity contribution in [2.24, 2.45) is 0 Å². The van der Waals surface area contributed by atoms with Gasteiger partial charge in [0.2, 0.25) is 0 Å². The lowest BCUT2D eigenvalue weighted by molar-refractivity contribution is 0.102. The molecule has 1 heterocycles. The van der Waals surface area contributed by atoms with Crippen molar-refractivity contribution in [2.75, 3.05) is 0 Å². The molecule has 0 aliphatic rings. The Balaban J connectivity index is 1.46. The number of hydrogen-bond acceptors (Lipinski definition) is 6. The molecule has 7 nitrogen and oxygen atoms in total. The fourth-order valence-electron chi connectivity index (χ4n) is 5.95. The predicted molar refractivity (Wildman–Crippen MR) is 183 cm³/mol. The number of aromatic hydroxyl groups is 4. The first-order chi connectivity index (χ1) is 22.4. The molecule has 0 spiro atoms. The largest absolute Gasteiger partial charge is 0.507 e. The lowest BCUT2D eigenvalue weighted by Crippen LogP contribution is -2.06. The first-order valence-corrected chi connectivity index (χ1v) is 15.5. The van der Waals surface area contributed by atoms with Crippen molar-refractivity contribution in [3.63, 3.8) is 0 Å². The number of aromatic amines is 1. The highest BCUT2D eigenvalue weighted by atomic mass is 35.5. The Kier molecular flexibility index (Phi) is 8.45. The number of carbonyl (C=O) groups excluding carboxylic acids is 2. The molecule has 0 amide bonds. The Morgan fingerprint density at radius 1 is 0.596 bits per heavy atom. The zero-order valence-electron chi connectivity index (χ0n) is 25.4. The summed E-state index contributed by atoms with van der Waals surface area (Å²) in [7, 11) is 0. The maximum absolute atomic E-state index is 13.5. The summed E-state index contributed by atoms with van der Waals surface area (Å²) >= 11 is 12.2. The Labute approximate surface area is 280 Å². The highest BCUT2D eigenvalue weighted by molar-refractivity contribution is 6.31. The van der Waals surface area contributed by atoms with Crippen LogP contribution < -0.4 is 0 Å². The fourth-order valence-corrected chi connectivity index (χ4v) is 6.33. The van der Waals surface area contributed by atoms with Crippen molar-refractivity contribution in [3.05, 3.63) is 151 Å². The fraction of sp³-hybridized carbons (Fsp3) is 0.105. The zero-order chi connectivity index (χ0) is 33.6. The summed E-state index contributed by atoms with van der Waals surface area (Å²) < 4.78 is 0. The van der Waals surface area contributed by atoms with E-state index in [1.807, 2.05) is 24.3 Å². The maximum atomic E-state index is 13.5. The average molecular weight is 667 g/mol. The Bertz CT molecular complexity index is 2240. The second kappa shape index (κ2) is 12.5. The van der Waals surface area contributed by atoms with Crippen molar-refractivity contribution in [3.8, 4) is 23.0 Å². The van der Waals surface area contributed by atoms with Crippen molar-refractivity contribution in [1.29, 1.82) is 0 Å². The van der Waals surface area contributed by atoms with E-state index in [0.29, 0.717) is 32.4 Å². The molecule has 9 heteroatoms. The number of phenols is 4. The monoisotopic (exact) mass is 665 g/mol. The summed E-state index contributed by atoms with van der Waals surface area (Å²) in [5.41, 5.74) is 3.57. The van der Waals surface area contributed by atoms with Crippen molar-refractivity contribution in [2.45, 2.75) is 26.7 Å². The molecular formula is C38H29Cl2NO6. The minimum atomic E-state index is -0.460. The quantitative estimate of drug-likeness (QED) is 0.104. The number of benzene rings is 5. The van der Waals surface area contributed by atoms with Gasteiger partial charge in [-0.05, 0) is 73.0 Å². The van der Waals surface area contributed by atoms with Crippen LogP contribution in [0, 0.1) is 13.8 Å². The van der Waals surface area contributed by atoms with E-state index in [9.17, 15) is 30.0 Å². The van der Waals surface area contributed by atoms with Crippen LogP contribution in [-0.4, -0.2) is 37.0 Å². The third kappa shape index (κ3) is 5.91. The molecule has 1 aromatic heterocycles. The number of phenolic OH excluding ortho intramolecular Hbond substituents is 4. The van der Waals surface area contributed by atoms with E-state index < -0.39 is 11.6 Å². The molecule has 0 bridgehead atoms. The molecule has 6 aromatic rings. The first-order valence-electron chi connectivity index (χ1n) is 14.7. The molecule has 0 atom stereocenters. The van der Waals surface area contributed by atoms with Gasteiger partial charge >= 0.3 is 0 Å². The second-order valence-corrected chi connectivity index (χ2v) is 12.4. The van der Waals surface area contributed by atoms with Crippen LogP contribution in [0.5, 0.6) is 23.0 Å². The van der Waals surface area contributed by atoms with E-state index in [2.05, 4.69) is 4.98 Å². The Morgan fingerprint density at radius 2 is 1.09 bits per heavy atom. The highest BCUT2D eigenvalue weighted by Gasteiger charge is 2.26. The summed E-state index contributed by atoms with van der Waals surface area (Å²) in [5, 5.41) is 46.7. The maximum Gasteiger partial charge on any atom is 0.196 e. The minimum Gasteiger partial charge on any atom is -0.507 e. The van der Waals surface area contributed by atoms with Gasteiger partial charge in [0.15, 0.2) is 11.6 Å². The van der Waals surface area contributed by atoms with Gasteiger partial charge in [0.1, 0.15) is 23.0 Å². The molecule has 0 radical (unpaired) electrons. The number of ketones is 2. The van der Waals surface area contributed by atoms with E-state index in [1.54, 1.807) is 50.2 Å². The molecular weight excluding hydrogens is 637 g/mol. The van der Waals surface area contributed by atoms with Gasteiger partial charge in [-0.25, -0.2) is 0 Å². The number of halogens is 2. The molecule has 5 aromatic carbocycles. The van der Waals surface area contributed by atoms with Crippen LogP contribution >= 0.6 is 23.2 Å². The van der Waals surface area contributed by atoms with Crippen LogP contribution in [0.25, 0.3) is 10.9 Å². The molecule has 0 saturated carbocycles. The summed E-state index contributed by atoms with van der Waals surface area (Å²) in [6.07, 6.45) is -0.0308. The normalized spacial score (nSPS) is 11.2. The number of aromatic nitrogens is 1. The Morgan fingerprint density at radius 3 is 1.60 bits per heavy atom. The third-order valence-corrected chi connectivity index (χ3v) is 8.86. The van der Waals surface area contributed by atoms with Crippen molar-refractivity contribution >= 4 is 45.7 Å². The molecule has 0 aliphatic heterocycles. The summed E-state index contributed by atoms with van der Waals surface area (Å²) in [5.74, 6) is -2.01. The number of aryl methyl sites for hydroxylation is 2. The number of rotatable bonds is 8. The summed E-state index contributed by atoms with van der Waals surface area (Å²) in [4.78, 5) is 30.3. The first kappa shape index (κ1) is 31.7.